The monoisotopic (exact) mass is 289 g/mol. The van der Waals surface area contributed by atoms with E-state index in [1.807, 2.05) is 32.2 Å². The first-order valence-electron chi connectivity index (χ1n) is 7.55. The Kier molecular flexibility index (Phi) is 3.50. The zero-order valence-corrected chi connectivity index (χ0v) is 12.6. The molecule has 114 valence electrons. The lowest BCUT2D eigenvalue weighted by Crippen LogP contribution is -2.80. The molecule has 3 atom stereocenters. The summed E-state index contributed by atoms with van der Waals surface area (Å²) in [6, 6.07) is 3.91. The van der Waals surface area contributed by atoms with Crippen LogP contribution in [-0.2, 0) is 16.0 Å². The number of nitrogens with two attached hydrogens (primary N) is 1. The zero-order chi connectivity index (χ0) is 15.1. The van der Waals surface area contributed by atoms with Crippen LogP contribution in [0.15, 0.2) is 24.5 Å². The van der Waals surface area contributed by atoms with Gasteiger partial charge in [-0.2, -0.15) is 0 Å². The standard InChI is InChI=1S/C16H23N3O2/c1-15(2)13-12(6-9-21-13)16(15,17)14(20)19-8-5-11-4-3-7-18-10-11/h3-4,7,10,12-13H,5-6,8-9,17H2,1-2H3,(H,19,20). The smallest absolute Gasteiger partial charge is 0.241 e. The number of ether oxygens (including phenoxy) is 1. The van der Waals surface area contributed by atoms with Gasteiger partial charge < -0.3 is 15.8 Å². The van der Waals surface area contributed by atoms with E-state index in [2.05, 4.69) is 10.3 Å². The molecule has 21 heavy (non-hydrogen) atoms. The Labute approximate surface area is 125 Å². The number of rotatable bonds is 4. The minimum Gasteiger partial charge on any atom is -0.377 e. The first-order valence-corrected chi connectivity index (χ1v) is 7.55. The molecule has 0 radical (unpaired) electrons. The molecule has 2 heterocycles. The van der Waals surface area contributed by atoms with Crippen molar-refractivity contribution in [2.45, 2.75) is 38.3 Å². The molecule has 2 fully saturated rings. The van der Waals surface area contributed by atoms with E-state index in [0.717, 1.165) is 18.4 Å². The van der Waals surface area contributed by atoms with Gasteiger partial charge in [-0.25, -0.2) is 0 Å². The lowest BCUT2D eigenvalue weighted by atomic mass is 9.48. The van der Waals surface area contributed by atoms with Gasteiger partial charge in [0, 0.05) is 36.9 Å². The molecule has 3 N–H and O–H groups in total. The fourth-order valence-electron chi connectivity index (χ4n) is 3.86. The zero-order valence-electron chi connectivity index (χ0n) is 12.6. The van der Waals surface area contributed by atoms with Gasteiger partial charge in [0.05, 0.1) is 6.10 Å². The van der Waals surface area contributed by atoms with Gasteiger partial charge in [0.25, 0.3) is 0 Å². The fraction of sp³-hybridized carbons (Fsp3) is 0.625. The average Bonchev–Trinajstić information content (AvgIpc) is 2.95. The molecule has 0 spiro atoms. The molecule has 1 aromatic rings. The molecule has 3 unspecified atom stereocenters. The fourth-order valence-corrected chi connectivity index (χ4v) is 3.86. The Morgan fingerprint density at radius 3 is 3.10 bits per heavy atom. The predicted molar refractivity (Wildman–Crippen MR) is 79.5 cm³/mol. The van der Waals surface area contributed by atoms with Gasteiger partial charge in [-0.15, -0.1) is 0 Å². The minimum absolute atomic E-state index is 0.0526. The molecular weight excluding hydrogens is 266 g/mol. The van der Waals surface area contributed by atoms with Gasteiger partial charge in [-0.1, -0.05) is 19.9 Å². The van der Waals surface area contributed by atoms with E-state index >= 15 is 0 Å². The van der Waals surface area contributed by atoms with Crippen LogP contribution in [0.2, 0.25) is 0 Å². The maximum absolute atomic E-state index is 12.6. The molecule has 1 aliphatic carbocycles. The molecule has 3 rings (SSSR count). The van der Waals surface area contributed by atoms with Crippen molar-refractivity contribution in [3.8, 4) is 0 Å². The van der Waals surface area contributed by atoms with Crippen LogP contribution < -0.4 is 11.1 Å². The van der Waals surface area contributed by atoms with Crippen LogP contribution in [0.5, 0.6) is 0 Å². The van der Waals surface area contributed by atoms with E-state index in [1.54, 1.807) is 6.20 Å². The number of nitrogens with zero attached hydrogens (tertiary/aromatic N) is 1. The van der Waals surface area contributed by atoms with E-state index in [9.17, 15) is 4.79 Å². The first kappa shape index (κ1) is 14.5. The normalized spacial score (nSPS) is 33.1. The third-order valence-electron chi connectivity index (χ3n) is 5.25. The molecular formula is C16H23N3O2. The molecule has 5 heteroatoms. The number of hydrogen-bond acceptors (Lipinski definition) is 4. The number of carbonyl (C=O) groups is 1. The second kappa shape index (κ2) is 5.07. The van der Waals surface area contributed by atoms with Crippen molar-refractivity contribution in [2.75, 3.05) is 13.2 Å². The highest BCUT2D eigenvalue weighted by Crippen LogP contribution is 2.58. The topological polar surface area (TPSA) is 77.2 Å². The average molecular weight is 289 g/mol. The summed E-state index contributed by atoms with van der Waals surface area (Å²) in [5.74, 6) is 0.0917. The van der Waals surface area contributed by atoms with E-state index in [-0.39, 0.29) is 23.3 Å². The molecule has 1 aliphatic heterocycles. The van der Waals surface area contributed by atoms with Gasteiger partial charge in [0.2, 0.25) is 5.91 Å². The number of hydrogen-bond donors (Lipinski definition) is 2. The van der Waals surface area contributed by atoms with Gasteiger partial charge >= 0.3 is 0 Å². The van der Waals surface area contributed by atoms with Crippen molar-refractivity contribution in [3.05, 3.63) is 30.1 Å². The second-order valence-electron chi connectivity index (χ2n) is 6.64. The predicted octanol–water partition coefficient (Wildman–Crippen LogP) is 0.883. The SMILES string of the molecule is CC1(C)C2OCCC2C1(N)C(=O)NCCc1cccnc1. The summed E-state index contributed by atoms with van der Waals surface area (Å²) < 4.78 is 5.72. The quantitative estimate of drug-likeness (QED) is 0.862. The van der Waals surface area contributed by atoms with E-state index < -0.39 is 5.54 Å². The molecule has 1 saturated heterocycles. The van der Waals surface area contributed by atoms with Gasteiger partial charge in [0.1, 0.15) is 5.54 Å². The third-order valence-corrected chi connectivity index (χ3v) is 5.25. The summed E-state index contributed by atoms with van der Waals surface area (Å²) in [6.45, 7) is 5.35. The maximum atomic E-state index is 12.6. The highest BCUT2D eigenvalue weighted by atomic mass is 16.5. The number of aromatic nitrogens is 1. The van der Waals surface area contributed by atoms with Crippen LogP contribution in [0.25, 0.3) is 0 Å². The van der Waals surface area contributed by atoms with Gasteiger partial charge in [-0.05, 0) is 24.5 Å². The Balaban J connectivity index is 1.60. The molecule has 1 aromatic heterocycles. The lowest BCUT2D eigenvalue weighted by Gasteiger charge is -2.60. The lowest BCUT2D eigenvalue weighted by molar-refractivity contribution is -0.175. The summed E-state index contributed by atoms with van der Waals surface area (Å²) in [6.07, 6.45) is 5.32. The minimum atomic E-state index is -0.816. The summed E-state index contributed by atoms with van der Waals surface area (Å²) in [7, 11) is 0. The first-order chi connectivity index (χ1) is 9.98. The van der Waals surface area contributed by atoms with Gasteiger partial charge in [-0.3, -0.25) is 9.78 Å². The van der Waals surface area contributed by atoms with Crippen LogP contribution >= 0.6 is 0 Å². The van der Waals surface area contributed by atoms with Crippen LogP contribution in [-0.4, -0.2) is 35.7 Å². The van der Waals surface area contributed by atoms with Crippen LogP contribution in [0, 0.1) is 11.3 Å². The second-order valence-corrected chi connectivity index (χ2v) is 6.64. The summed E-state index contributed by atoms with van der Waals surface area (Å²) >= 11 is 0. The number of pyridine rings is 1. The highest BCUT2D eigenvalue weighted by Gasteiger charge is 2.71. The van der Waals surface area contributed by atoms with Crippen molar-refractivity contribution in [2.24, 2.45) is 17.1 Å². The van der Waals surface area contributed by atoms with Crippen LogP contribution in [0.3, 0.4) is 0 Å². The molecule has 2 aliphatic rings. The van der Waals surface area contributed by atoms with E-state index in [1.165, 1.54) is 0 Å². The molecule has 1 amide bonds. The Morgan fingerprint density at radius 2 is 2.38 bits per heavy atom. The summed E-state index contributed by atoms with van der Waals surface area (Å²) in [4.78, 5) is 16.7. The Bertz CT molecular complexity index is 532. The number of nitrogens with one attached hydrogen (secondary N) is 1. The summed E-state index contributed by atoms with van der Waals surface area (Å²) in [5.41, 5.74) is 6.47. The number of carbonyl (C=O) groups excluding carboxylic acids is 1. The third kappa shape index (κ3) is 2.07. The van der Waals surface area contributed by atoms with E-state index in [4.69, 9.17) is 10.5 Å². The highest BCUT2D eigenvalue weighted by molar-refractivity contribution is 5.89. The van der Waals surface area contributed by atoms with Crippen molar-refractivity contribution in [3.63, 3.8) is 0 Å². The number of fused-ring (bicyclic) bond motifs is 1. The largest absolute Gasteiger partial charge is 0.377 e. The molecule has 1 saturated carbocycles. The number of amides is 1. The van der Waals surface area contributed by atoms with Crippen molar-refractivity contribution in [1.82, 2.24) is 10.3 Å². The Hall–Kier alpha value is -1.46. The Morgan fingerprint density at radius 1 is 1.57 bits per heavy atom. The van der Waals surface area contributed by atoms with Crippen LogP contribution in [0.4, 0.5) is 0 Å². The van der Waals surface area contributed by atoms with Crippen LogP contribution in [0.1, 0.15) is 25.8 Å². The molecule has 0 aromatic carbocycles. The van der Waals surface area contributed by atoms with Crippen molar-refractivity contribution >= 4 is 5.91 Å². The maximum Gasteiger partial charge on any atom is 0.241 e. The van der Waals surface area contributed by atoms with Crippen molar-refractivity contribution < 1.29 is 9.53 Å². The molecule has 5 nitrogen and oxygen atoms in total. The summed E-state index contributed by atoms with van der Waals surface area (Å²) in [5, 5.41) is 2.99. The molecule has 0 bridgehead atoms. The van der Waals surface area contributed by atoms with Crippen molar-refractivity contribution in [1.29, 1.82) is 0 Å². The van der Waals surface area contributed by atoms with Gasteiger partial charge in [0.15, 0.2) is 0 Å². The van der Waals surface area contributed by atoms with E-state index in [0.29, 0.717) is 13.2 Å².